The van der Waals surface area contributed by atoms with Crippen molar-refractivity contribution >= 4 is 33.5 Å². The Morgan fingerprint density at radius 1 is 1.64 bits per heavy atom. The second-order valence-electron chi connectivity index (χ2n) is 3.52. The lowest BCUT2D eigenvalue weighted by molar-refractivity contribution is 0.806. The first-order valence-electron chi connectivity index (χ1n) is 4.72. The fourth-order valence-corrected chi connectivity index (χ4v) is 2.84. The van der Waals surface area contributed by atoms with E-state index in [1.54, 1.807) is 0 Å². The zero-order valence-electron chi connectivity index (χ0n) is 8.09. The molecule has 0 bridgehead atoms. The number of rotatable bonds is 2. The lowest BCUT2D eigenvalue weighted by Crippen LogP contribution is -2.18. The molecule has 1 N–H and O–H groups in total. The summed E-state index contributed by atoms with van der Waals surface area (Å²) in [5.74, 6) is 3.47. The van der Waals surface area contributed by atoms with E-state index in [-0.39, 0.29) is 0 Å². The third kappa shape index (κ3) is 2.42. The maximum absolute atomic E-state index is 4.34. The number of aryl methyl sites for hydroxylation is 1. The summed E-state index contributed by atoms with van der Waals surface area (Å²) in [6, 6.07) is 2.70. The predicted octanol–water partition coefficient (Wildman–Crippen LogP) is 3.07. The predicted molar refractivity (Wildman–Crippen MR) is 66.0 cm³/mol. The number of anilines is 1. The Morgan fingerprint density at radius 3 is 3.14 bits per heavy atom. The fraction of sp³-hybridized carbons (Fsp3) is 0.500. The van der Waals surface area contributed by atoms with Gasteiger partial charge in [0.2, 0.25) is 0 Å². The Morgan fingerprint density at radius 2 is 2.50 bits per heavy atom. The number of hydrogen-bond donors (Lipinski definition) is 1. The molecule has 1 atom stereocenters. The molecular formula is C10H13BrN2S. The molecule has 1 aromatic heterocycles. The molecule has 1 fully saturated rings. The molecule has 2 nitrogen and oxygen atoms in total. The fourth-order valence-electron chi connectivity index (χ4n) is 1.48. The van der Waals surface area contributed by atoms with Crippen LogP contribution in [0.1, 0.15) is 12.0 Å². The van der Waals surface area contributed by atoms with Gasteiger partial charge in [-0.2, -0.15) is 11.8 Å². The zero-order valence-corrected chi connectivity index (χ0v) is 10.5. The SMILES string of the molecule is Cc1cc(NC2CCSC2)ncc1Br. The number of hydrogen-bond acceptors (Lipinski definition) is 3. The van der Waals surface area contributed by atoms with Crippen molar-refractivity contribution in [2.75, 3.05) is 16.8 Å². The van der Waals surface area contributed by atoms with Crippen LogP contribution in [0.3, 0.4) is 0 Å². The average molecular weight is 273 g/mol. The molecule has 0 spiro atoms. The normalized spacial score (nSPS) is 21.1. The van der Waals surface area contributed by atoms with Gasteiger partial charge >= 0.3 is 0 Å². The van der Waals surface area contributed by atoms with Crippen molar-refractivity contribution in [3.05, 3.63) is 22.3 Å². The van der Waals surface area contributed by atoms with Crippen molar-refractivity contribution in [1.29, 1.82) is 0 Å². The first-order valence-corrected chi connectivity index (χ1v) is 6.67. The van der Waals surface area contributed by atoms with Crippen LogP contribution in [0.2, 0.25) is 0 Å². The smallest absolute Gasteiger partial charge is 0.126 e. The van der Waals surface area contributed by atoms with Gasteiger partial charge in [0.05, 0.1) is 0 Å². The van der Waals surface area contributed by atoms with Crippen molar-refractivity contribution in [2.24, 2.45) is 0 Å². The van der Waals surface area contributed by atoms with Crippen LogP contribution < -0.4 is 5.32 Å². The highest BCUT2D eigenvalue weighted by molar-refractivity contribution is 9.10. The van der Waals surface area contributed by atoms with E-state index < -0.39 is 0 Å². The van der Waals surface area contributed by atoms with Crippen LogP contribution in [0.4, 0.5) is 5.82 Å². The summed E-state index contributed by atoms with van der Waals surface area (Å²) in [5, 5.41) is 3.46. The minimum atomic E-state index is 0.605. The zero-order chi connectivity index (χ0) is 9.97. The monoisotopic (exact) mass is 272 g/mol. The largest absolute Gasteiger partial charge is 0.366 e. The van der Waals surface area contributed by atoms with E-state index in [1.807, 2.05) is 18.0 Å². The Kier molecular flexibility index (Phi) is 3.34. The molecule has 14 heavy (non-hydrogen) atoms. The lowest BCUT2D eigenvalue weighted by Gasteiger charge is -2.12. The minimum Gasteiger partial charge on any atom is -0.366 e. The van der Waals surface area contributed by atoms with Crippen molar-refractivity contribution < 1.29 is 0 Å². The van der Waals surface area contributed by atoms with E-state index in [9.17, 15) is 0 Å². The van der Waals surface area contributed by atoms with Crippen LogP contribution in [0.25, 0.3) is 0 Å². The molecule has 1 saturated heterocycles. The molecule has 76 valence electrons. The van der Waals surface area contributed by atoms with Gasteiger partial charge in [0.15, 0.2) is 0 Å². The highest BCUT2D eigenvalue weighted by Gasteiger charge is 2.15. The first-order chi connectivity index (χ1) is 6.75. The Labute approximate surface area is 97.0 Å². The number of pyridine rings is 1. The molecule has 0 aliphatic carbocycles. The van der Waals surface area contributed by atoms with Gasteiger partial charge in [0.1, 0.15) is 5.82 Å². The quantitative estimate of drug-likeness (QED) is 0.896. The van der Waals surface area contributed by atoms with E-state index >= 15 is 0 Å². The first kappa shape index (κ1) is 10.3. The maximum Gasteiger partial charge on any atom is 0.126 e. The molecule has 1 aromatic rings. The minimum absolute atomic E-state index is 0.605. The van der Waals surface area contributed by atoms with Gasteiger partial charge in [-0.05, 0) is 46.7 Å². The molecule has 2 heterocycles. The molecule has 2 rings (SSSR count). The summed E-state index contributed by atoms with van der Waals surface area (Å²) in [5.41, 5.74) is 1.23. The van der Waals surface area contributed by atoms with Crippen molar-refractivity contribution in [1.82, 2.24) is 4.98 Å². The van der Waals surface area contributed by atoms with Gasteiger partial charge in [0.25, 0.3) is 0 Å². The van der Waals surface area contributed by atoms with Crippen LogP contribution in [-0.2, 0) is 0 Å². The number of nitrogens with one attached hydrogen (secondary N) is 1. The maximum atomic E-state index is 4.34. The third-order valence-electron chi connectivity index (χ3n) is 2.33. The molecule has 1 aliphatic heterocycles. The highest BCUT2D eigenvalue weighted by atomic mass is 79.9. The van der Waals surface area contributed by atoms with Gasteiger partial charge in [0, 0.05) is 22.5 Å². The van der Waals surface area contributed by atoms with Gasteiger partial charge in [-0.1, -0.05) is 0 Å². The van der Waals surface area contributed by atoms with E-state index in [4.69, 9.17) is 0 Å². The number of aromatic nitrogens is 1. The van der Waals surface area contributed by atoms with Crippen LogP contribution in [0.15, 0.2) is 16.7 Å². The van der Waals surface area contributed by atoms with Gasteiger partial charge in [-0.25, -0.2) is 4.98 Å². The number of nitrogens with zero attached hydrogens (tertiary/aromatic N) is 1. The highest BCUT2D eigenvalue weighted by Crippen LogP contribution is 2.22. The van der Waals surface area contributed by atoms with Crippen molar-refractivity contribution in [3.63, 3.8) is 0 Å². The summed E-state index contributed by atoms with van der Waals surface area (Å²) in [4.78, 5) is 4.34. The Balaban J connectivity index is 2.05. The molecule has 0 amide bonds. The molecule has 1 unspecified atom stereocenters. The van der Waals surface area contributed by atoms with E-state index in [0.717, 1.165) is 10.3 Å². The number of halogens is 1. The Hall–Kier alpha value is -0.220. The van der Waals surface area contributed by atoms with Crippen LogP contribution in [-0.4, -0.2) is 22.5 Å². The standard InChI is InChI=1S/C10H13BrN2S/c1-7-4-10(12-5-9(7)11)13-8-2-3-14-6-8/h4-5,8H,2-3,6H2,1H3,(H,12,13). The summed E-state index contributed by atoms with van der Waals surface area (Å²) < 4.78 is 1.07. The second kappa shape index (κ2) is 4.53. The van der Waals surface area contributed by atoms with E-state index in [0.29, 0.717) is 6.04 Å². The second-order valence-corrected chi connectivity index (χ2v) is 5.53. The molecular weight excluding hydrogens is 260 g/mol. The summed E-state index contributed by atoms with van der Waals surface area (Å²) in [6.07, 6.45) is 3.11. The van der Waals surface area contributed by atoms with E-state index in [1.165, 1.54) is 23.5 Å². The summed E-state index contributed by atoms with van der Waals surface area (Å²) in [7, 11) is 0. The third-order valence-corrected chi connectivity index (χ3v) is 4.32. The summed E-state index contributed by atoms with van der Waals surface area (Å²) >= 11 is 5.46. The molecule has 1 aliphatic rings. The lowest BCUT2D eigenvalue weighted by atomic mass is 10.2. The molecule has 4 heteroatoms. The van der Waals surface area contributed by atoms with Gasteiger partial charge in [-0.3, -0.25) is 0 Å². The molecule has 0 aromatic carbocycles. The Bertz CT molecular complexity index is 324. The average Bonchev–Trinajstić information content (AvgIpc) is 2.64. The van der Waals surface area contributed by atoms with Gasteiger partial charge in [-0.15, -0.1) is 0 Å². The molecule has 0 radical (unpaired) electrons. The van der Waals surface area contributed by atoms with Crippen LogP contribution in [0, 0.1) is 6.92 Å². The van der Waals surface area contributed by atoms with E-state index in [2.05, 4.69) is 39.2 Å². The number of thioether (sulfide) groups is 1. The van der Waals surface area contributed by atoms with Crippen molar-refractivity contribution in [2.45, 2.75) is 19.4 Å². The topological polar surface area (TPSA) is 24.9 Å². The van der Waals surface area contributed by atoms with Crippen LogP contribution >= 0.6 is 27.7 Å². The summed E-state index contributed by atoms with van der Waals surface area (Å²) in [6.45, 7) is 2.08. The van der Waals surface area contributed by atoms with Crippen LogP contribution in [0.5, 0.6) is 0 Å². The molecule has 0 saturated carbocycles. The van der Waals surface area contributed by atoms with Gasteiger partial charge < -0.3 is 5.32 Å². The van der Waals surface area contributed by atoms with Crippen molar-refractivity contribution in [3.8, 4) is 0 Å².